The number of aromatic nitrogens is 5. The van der Waals surface area contributed by atoms with Gasteiger partial charge in [-0.2, -0.15) is 4.98 Å². The van der Waals surface area contributed by atoms with E-state index in [2.05, 4.69) is 40.5 Å². The third kappa shape index (κ3) is 5.16. The molecule has 2 heterocycles. The highest BCUT2D eigenvalue weighted by Crippen LogP contribution is 2.27. The third-order valence-corrected chi connectivity index (χ3v) is 4.80. The number of sulfonamides is 1. The van der Waals surface area contributed by atoms with Gasteiger partial charge in [0.1, 0.15) is 5.82 Å². The van der Waals surface area contributed by atoms with E-state index < -0.39 is 15.8 Å². The van der Waals surface area contributed by atoms with Crippen molar-refractivity contribution in [3.8, 4) is 11.4 Å². The van der Waals surface area contributed by atoms with Gasteiger partial charge in [-0.3, -0.25) is 4.72 Å². The van der Waals surface area contributed by atoms with Gasteiger partial charge in [-0.05, 0) is 31.2 Å². The number of benzene rings is 2. The number of rotatable bonds is 7. The standard InChI is InChI=1S/C20H19FN8O2S/c1-12-23-18(28-27-12)13-6-5-7-14(10-13)24-20-22-11-15(21)19(26-20)25-16-8-3-4-9-17(16)29-32(2,30)31/h3-11,29H,1-2H3,(H,23,27,28)(H2,22,24,25,26). The Labute approximate surface area is 183 Å². The van der Waals surface area contributed by atoms with E-state index >= 15 is 0 Å². The maximum atomic E-state index is 14.4. The molecule has 0 aliphatic rings. The van der Waals surface area contributed by atoms with E-state index in [-0.39, 0.29) is 17.5 Å². The minimum Gasteiger partial charge on any atom is -0.336 e. The topological polar surface area (TPSA) is 138 Å². The summed E-state index contributed by atoms with van der Waals surface area (Å²) < 4.78 is 40.0. The normalized spacial score (nSPS) is 11.2. The van der Waals surface area contributed by atoms with Crippen molar-refractivity contribution in [2.24, 2.45) is 0 Å². The molecule has 2 aromatic heterocycles. The Morgan fingerprint density at radius 3 is 2.50 bits per heavy atom. The molecule has 0 fully saturated rings. The van der Waals surface area contributed by atoms with E-state index in [0.29, 0.717) is 23.0 Å². The van der Waals surface area contributed by atoms with Crippen molar-refractivity contribution in [2.45, 2.75) is 6.92 Å². The fourth-order valence-corrected chi connectivity index (χ4v) is 3.45. The van der Waals surface area contributed by atoms with Crippen LogP contribution in [0.1, 0.15) is 5.82 Å². The molecule has 2 aromatic carbocycles. The molecule has 32 heavy (non-hydrogen) atoms. The molecule has 4 aromatic rings. The van der Waals surface area contributed by atoms with Gasteiger partial charge in [0.25, 0.3) is 0 Å². The summed E-state index contributed by atoms with van der Waals surface area (Å²) in [6.07, 6.45) is 2.05. The van der Waals surface area contributed by atoms with Gasteiger partial charge in [-0.1, -0.05) is 24.3 Å². The molecule has 0 amide bonds. The van der Waals surface area contributed by atoms with Crippen LogP contribution in [0.5, 0.6) is 0 Å². The molecule has 12 heteroatoms. The van der Waals surface area contributed by atoms with Crippen LogP contribution in [-0.2, 0) is 10.0 Å². The molecule has 0 saturated heterocycles. The van der Waals surface area contributed by atoms with Crippen LogP contribution in [0, 0.1) is 12.7 Å². The van der Waals surface area contributed by atoms with Gasteiger partial charge in [0.05, 0.1) is 23.8 Å². The molecule has 0 unspecified atom stereocenters. The Bertz CT molecular complexity index is 1370. The first kappa shape index (κ1) is 21.2. The van der Waals surface area contributed by atoms with Gasteiger partial charge in [0.15, 0.2) is 17.5 Å². The van der Waals surface area contributed by atoms with Crippen molar-refractivity contribution in [1.29, 1.82) is 0 Å². The van der Waals surface area contributed by atoms with E-state index in [9.17, 15) is 12.8 Å². The molecule has 4 N–H and O–H groups in total. The van der Waals surface area contributed by atoms with Crippen molar-refractivity contribution >= 4 is 38.9 Å². The van der Waals surface area contributed by atoms with E-state index in [0.717, 1.165) is 18.0 Å². The van der Waals surface area contributed by atoms with Crippen molar-refractivity contribution in [3.63, 3.8) is 0 Å². The highest BCUT2D eigenvalue weighted by Gasteiger charge is 2.12. The molecule has 0 aliphatic carbocycles. The van der Waals surface area contributed by atoms with Gasteiger partial charge in [-0.25, -0.2) is 17.8 Å². The van der Waals surface area contributed by atoms with Gasteiger partial charge in [0, 0.05) is 11.3 Å². The predicted molar refractivity (Wildman–Crippen MR) is 120 cm³/mol. The largest absolute Gasteiger partial charge is 0.336 e. The predicted octanol–water partition coefficient (Wildman–Crippen LogP) is 3.57. The summed E-state index contributed by atoms with van der Waals surface area (Å²) in [6, 6.07) is 13.8. The quantitative estimate of drug-likeness (QED) is 0.333. The number of aryl methyl sites for hydroxylation is 1. The minimum absolute atomic E-state index is 0.118. The number of para-hydroxylation sites is 2. The Hall–Kier alpha value is -4.06. The number of nitrogens with zero attached hydrogens (tertiary/aromatic N) is 4. The van der Waals surface area contributed by atoms with Crippen LogP contribution in [0.3, 0.4) is 0 Å². The molecular weight excluding hydrogens is 435 g/mol. The van der Waals surface area contributed by atoms with Crippen molar-refractivity contribution in [3.05, 3.63) is 66.4 Å². The number of hydrogen-bond acceptors (Lipinski definition) is 8. The fourth-order valence-electron chi connectivity index (χ4n) is 2.87. The molecule has 0 radical (unpaired) electrons. The van der Waals surface area contributed by atoms with E-state index in [1.807, 2.05) is 25.1 Å². The Morgan fingerprint density at radius 2 is 1.78 bits per heavy atom. The Morgan fingerprint density at radius 1 is 1.00 bits per heavy atom. The maximum absolute atomic E-state index is 14.4. The first-order valence-electron chi connectivity index (χ1n) is 9.40. The van der Waals surface area contributed by atoms with Gasteiger partial charge in [-0.15, -0.1) is 10.2 Å². The van der Waals surface area contributed by atoms with Crippen molar-refractivity contribution in [2.75, 3.05) is 21.6 Å². The van der Waals surface area contributed by atoms with Crippen LogP contribution in [0.25, 0.3) is 11.4 Å². The molecule has 164 valence electrons. The SMILES string of the molecule is Cc1nnc(-c2cccc(Nc3ncc(F)c(Nc4ccccc4NS(C)(=O)=O)n3)c2)[nH]1. The lowest BCUT2D eigenvalue weighted by Gasteiger charge is -2.13. The summed E-state index contributed by atoms with van der Waals surface area (Å²) in [6.45, 7) is 1.81. The lowest BCUT2D eigenvalue weighted by molar-refractivity contribution is 0.607. The third-order valence-electron chi connectivity index (χ3n) is 4.21. The lowest BCUT2D eigenvalue weighted by atomic mass is 10.2. The van der Waals surface area contributed by atoms with E-state index in [1.165, 1.54) is 0 Å². The monoisotopic (exact) mass is 454 g/mol. The van der Waals surface area contributed by atoms with Crippen LogP contribution in [-0.4, -0.2) is 39.8 Å². The molecule has 0 bridgehead atoms. The van der Waals surface area contributed by atoms with Gasteiger partial charge in [0.2, 0.25) is 16.0 Å². The highest BCUT2D eigenvalue weighted by molar-refractivity contribution is 7.92. The molecule has 10 nitrogen and oxygen atoms in total. The second-order valence-corrected chi connectivity index (χ2v) is 8.65. The summed E-state index contributed by atoms with van der Waals surface area (Å²) in [4.78, 5) is 11.2. The summed E-state index contributed by atoms with van der Waals surface area (Å²) >= 11 is 0. The number of H-pyrrole nitrogens is 1. The second-order valence-electron chi connectivity index (χ2n) is 6.90. The smallest absolute Gasteiger partial charge is 0.229 e. The maximum Gasteiger partial charge on any atom is 0.229 e. The second kappa shape index (κ2) is 8.59. The number of nitrogens with one attached hydrogen (secondary N) is 4. The molecule has 0 aliphatic heterocycles. The van der Waals surface area contributed by atoms with E-state index in [4.69, 9.17) is 0 Å². The first-order chi connectivity index (χ1) is 15.3. The molecule has 0 atom stereocenters. The zero-order valence-electron chi connectivity index (χ0n) is 17.1. The summed E-state index contributed by atoms with van der Waals surface area (Å²) in [5, 5.41) is 13.9. The van der Waals surface area contributed by atoms with Crippen molar-refractivity contribution < 1.29 is 12.8 Å². The van der Waals surface area contributed by atoms with Crippen LogP contribution in [0.4, 0.5) is 33.2 Å². The molecule has 0 spiro atoms. The van der Waals surface area contributed by atoms with Crippen LogP contribution in [0.15, 0.2) is 54.7 Å². The summed E-state index contributed by atoms with van der Waals surface area (Å²) in [5.41, 5.74) is 2.06. The fraction of sp³-hybridized carbons (Fsp3) is 0.100. The first-order valence-corrected chi connectivity index (χ1v) is 11.3. The number of halogens is 1. The number of hydrogen-bond donors (Lipinski definition) is 4. The van der Waals surface area contributed by atoms with Gasteiger partial charge >= 0.3 is 0 Å². The van der Waals surface area contributed by atoms with Crippen LogP contribution >= 0.6 is 0 Å². The van der Waals surface area contributed by atoms with Gasteiger partial charge < -0.3 is 15.6 Å². The Balaban J connectivity index is 1.58. The van der Waals surface area contributed by atoms with Crippen molar-refractivity contribution in [1.82, 2.24) is 25.1 Å². The number of anilines is 5. The highest BCUT2D eigenvalue weighted by atomic mass is 32.2. The number of aromatic amines is 1. The average Bonchev–Trinajstić information content (AvgIpc) is 3.17. The molecule has 0 saturated carbocycles. The zero-order valence-corrected chi connectivity index (χ0v) is 17.9. The average molecular weight is 454 g/mol. The van der Waals surface area contributed by atoms with Crippen LogP contribution < -0.4 is 15.4 Å². The molecule has 4 rings (SSSR count). The zero-order chi connectivity index (χ0) is 22.7. The minimum atomic E-state index is -3.52. The molecular formula is C20H19FN8O2S. The summed E-state index contributed by atoms with van der Waals surface area (Å²) in [5.74, 6) is 0.640. The Kier molecular flexibility index (Phi) is 5.69. The lowest BCUT2D eigenvalue weighted by Crippen LogP contribution is -2.11. The summed E-state index contributed by atoms with van der Waals surface area (Å²) in [7, 11) is -3.52. The van der Waals surface area contributed by atoms with E-state index in [1.54, 1.807) is 30.3 Å². The van der Waals surface area contributed by atoms with Crippen LogP contribution in [0.2, 0.25) is 0 Å².